The average molecular weight is 319 g/mol. The molecule has 0 saturated carbocycles. The Hall–Kier alpha value is -1.64. The lowest BCUT2D eigenvalue weighted by molar-refractivity contribution is 0.594. The minimum atomic E-state index is -3.93. The Labute approximate surface area is 120 Å². The minimum absolute atomic E-state index is 0.0635. The summed E-state index contributed by atoms with van der Waals surface area (Å²) in [6.45, 7) is -0.0635. The molecule has 1 aromatic carbocycles. The first kappa shape index (κ1) is 14.8. The lowest BCUT2D eigenvalue weighted by Gasteiger charge is -2.09. The molecule has 0 aliphatic carbocycles. The van der Waals surface area contributed by atoms with Gasteiger partial charge in [0, 0.05) is 19.8 Å². The van der Waals surface area contributed by atoms with Gasteiger partial charge >= 0.3 is 0 Å². The van der Waals surface area contributed by atoms with Crippen LogP contribution in [0.5, 0.6) is 0 Å². The SMILES string of the molecule is Cn1cc(NS(=O)(=O)c2cc(F)c(Cl)c(CN)c2)cn1. The van der Waals surface area contributed by atoms with E-state index in [1.54, 1.807) is 7.05 Å². The monoisotopic (exact) mass is 318 g/mol. The number of hydrogen-bond donors (Lipinski definition) is 2. The Bertz CT molecular complexity index is 745. The molecule has 2 aromatic rings. The first-order valence-corrected chi connectivity index (χ1v) is 7.39. The van der Waals surface area contributed by atoms with Crippen molar-refractivity contribution in [1.29, 1.82) is 0 Å². The van der Waals surface area contributed by atoms with E-state index >= 15 is 0 Å². The number of nitrogens with two attached hydrogens (primary N) is 1. The van der Waals surface area contributed by atoms with Crippen molar-refractivity contribution in [3.8, 4) is 0 Å². The Kier molecular flexibility index (Phi) is 3.98. The largest absolute Gasteiger partial charge is 0.326 e. The van der Waals surface area contributed by atoms with Crippen LogP contribution in [0.2, 0.25) is 5.02 Å². The fourth-order valence-electron chi connectivity index (χ4n) is 1.61. The van der Waals surface area contributed by atoms with E-state index < -0.39 is 15.8 Å². The third-order valence-electron chi connectivity index (χ3n) is 2.56. The van der Waals surface area contributed by atoms with Crippen molar-refractivity contribution in [2.24, 2.45) is 12.8 Å². The zero-order chi connectivity index (χ0) is 14.9. The molecule has 0 atom stereocenters. The molecule has 0 aliphatic heterocycles. The van der Waals surface area contributed by atoms with Crippen molar-refractivity contribution < 1.29 is 12.8 Å². The highest BCUT2D eigenvalue weighted by Gasteiger charge is 2.19. The van der Waals surface area contributed by atoms with E-state index in [0.29, 0.717) is 0 Å². The van der Waals surface area contributed by atoms with Gasteiger partial charge in [-0.25, -0.2) is 12.8 Å². The van der Waals surface area contributed by atoms with Crippen LogP contribution in [0.4, 0.5) is 10.1 Å². The van der Waals surface area contributed by atoms with Gasteiger partial charge in [-0.15, -0.1) is 0 Å². The Morgan fingerprint density at radius 3 is 2.75 bits per heavy atom. The molecule has 108 valence electrons. The summed E-state index contributed by atoms with van der Waals surface area (Å²) in [5.41, 5.74) is 5.90. The molecule has 2 rings (SSSR count). The van der Waals surface area contributed by atoms with Crippen LogP contribution in [0.3, 0.4) is 0 Å². The summed E-state index contributed by atoms with van der Waals surface area (Å²) in [5.74, 6) is -0.832. The third-order valence-corrected chi connectivity index (χ3v) is 4.35. The highest BCUT2D eigenvalue weighted by molar-refractivity contribution is 7.92. The smallest absolute Gasteiger partial charge is 0.262 e. The number of aromatic nitrogens is 2. The maximum atomic E-state index is 13.6. The summed E-state index contributed by atoms with van der Waals surface area (Å²) in [7, 11) is -2.28. The van der Waals surface area contributed by atoms with E-state index in [-0.39, 0.29) is 27.7 Å². The van der Waals surface area contributed by atoms with Crippen LogP contribution in [0.1, 0.15) is 5.56 Å². The Morgan fingerprint density at radius 1 is 1.50 bits per heavy atom. The van der Waals surface area contributed by atoms with Gasteiger partial charge in [0.05, 0.1) is 21.8 Å². The topological polar surface area (TPSA) is 90.0 Å². The van der Waals surface area contributed by atoms with Crippen molar-refractivity contribution >= 4 is 27.3 Å². The van der Waals surface area contributed by atoms with Gasteiger partial charge < -0.3 is 5.73 Å². The van der Waals surface area contributed by atoms with E-state index in [2.05, 4.69) is 9.82 Å². The van der Waals surface area contributed by atoms with Crippen LogP contribution in [0.15, 0.2) is 29.4 Å². The molecule has 0 bridgehead atoms. The normalized spacial score (nSPS) is 11.6. The van der Waals surface area contributed by atoms with Crippen LogP contribution in [-0.2, 0) is 23.6 Å². The minimum Gasteiger partial charge on any atom is -0.326 e. The van der Waals surface area contributed by atoms with Crippen LogP contribution >= 0.6 is 11.6 Å². The highest BCUT2D eigenvalue weighted by Crippen LogP contribution is 2.25. The van der Waals surface area contributed by atoms with Crippen molar-refractivity contribution in [2.45, 2.75) is 11.4 Å². The van der Waals surface area contributed by atoms with E-state index in [9.17, 15) is 12.8 Å². The lowest BCUT2D eigenvalue weighted by Crippen LogP contribution is -2.14. The van der Waals surface area contributed by atoms with Crippen LogP contribution in [0, 0.1) is 5.82 Å². The van der Waals surface area contributed by atoms with Gasteiger partial charge in [0.25, 0.3) is 10.0 Å². The van der Waals surface area contributed by atoms with E-state index in [1.807, 2.05) is 0 Å². The van der Waals surface area contributed by atoms with Crippen molar-refractivity contribution in [3.05, 3.63) is 40.9 Å². The molecule has 0 spiro atoms. The third kappa shape index (κ3) is 2.92. The molecule has 0 unspecified atom stereocenters. The molecule has 9 heteroatoms. The zero-order valence-corrected chi connectivity index (χ0v) is 12.0. The average Bonchev–Trinajstić information content (AvgIpc) is 2.77. The van der Waals surface area contributed by atoms with E-state index in [0.717, 1.165) is 6.07 Å². The fourth-order valence-corrected chi connectivity index (χ4v) is 2.89. The standard InChI is InChI=1S/C11H12ClFN4O2S/c1-17-6-8(5-15-17)16-20(18,19)9-2-7(4-14)11(12)10(13)3-9/h2-3,5-6,16H,4,14H2,1H3. The number of hydrogen-bond acceptors (Lipinski definition) is 4. The van der Waals surface area contributed by atoms with E-state index in [1.165, 1.54) is 23.1 Å². The predicted molar refractivity (Wildman–Crippen MR) is 73.3 cm³/mol. The molecular weight excluding hydrogens is 307 g/mol. The number of benzene rings is 1. The number of halogens is 2. The predicted octanol–water partition coefficient (Wildman–Crippen LogP) is 1.47. The highest BCUT2D eigenvalue weighted by atomic mass is 35.5. The first-order valence-electron chi connectivity index (χ1n) is 5.53. The second-order valence-electron chi connectivity index (χ2n) is 4.09. The fraction of sp³-hybridized carbons (Fsp3) is 0.182. The number of sulfonamides is 1. The van der Waals surface area contributed by atoms with Crippen LogP contribution in [-0.4, -0.2) is 18.2 Å². The summed E-state index contributed by atoms with van der Waals surface area (Å²) in [6, 6.07) is 2.09. The van der Waals surface area contributed by atoms with Crippen molar-refractivity contribution in [2.75, 3.05) is 4.72 Å². The second-order valence-corrected chi connectivity index (χ2v) is 6.15. The van der Waals surface area contributed by atoms with Crippen molar-refractivity contribution in [1.82, 2.24) is 9.78 Å². The summed E-state index contributed by atoms with van der Waals surface area (Å²) in [5, 5.41) is 3.66. The van der Waals surface area contributed by atoms with Gasteiger partial charge in [0.1, 0.15) is 5.82 Å². The van der Waals surface area contributed by atoms with Crippen LogP contribution < -0.4 is 10.5 Å². The van der Waals surface area contributed by atoms with Gasteiger partial charge in [-0.2, -0.15) is 5.10 Å². The van der Waals surface area contributed by atoms with Gasteiger partial charge in [0.2, 0.25) is 0 Å². The van der Waals surface area contributed by atoms with Gasteiger partial charge in [0.15, 0.2) is 0 Å². The number of aryl methyl sites for hydroxylation is 1. The molecule has 1 heterocycles. The number of anilines is 1. The second kappa shape index (κ2) is 5.39. The maximum absolute atomic E-state index is 13.6. The number of nitrogens with one attached hydrogen (secondary N) is 1. The molecule has 6 nitrogen and oxygen atoms in total. The van der Waals surface area contributed by atoms with Gasteiger partial charge in [-0.3, -0.25) is 9.40 Å². The number of rotatable bonds is 4. The molecule has 3 N–H and O–H groups in total. The summed E-state index contributed by atoms with van der Waals surface area (Å²) in [6.07, 6.45) is 2.82. The lowest BCUT2D eigenvalue weighted by atomic mass is 10.2. The summed E-state index contributed by atoms with van der Waals surface area (Å²) in [4.78, 5) is -0.247. The molecule has 0 saturated heterocycles. The molecule has 0 amide bonds. The first-order chi connectivity index (χ1) is 9.33. The molecular formula is C11H12ClFN4O2S. The molecule has 0 radical (unpaired) electrons. The Balaban J connectivity index is 2.41. The summed E-state index contributed by atoms with van der Waals surface area (Å²) >= 11 is 5.70. The zero-order valence-electron chi connectivity index (χ0n) is 10.5. The van der Waals surface area contributed by atoms with Crippen molar-refractivity contribution in [3.63, 3.8) is 0 Å². The van der Waals surface area contributed by atoms with Crippen LogP contribution in [0.25, 0.3) is 0 Å². The maximum Gasteiger partial charge on any atom is 0.262 e. The number of nitrogens with zero attached hydrogens (tertiary/aromatic N) is 2. The molecule has 0 aliphatic rings. The van der Waals surface area contributed by atoms with Gasteiger partial charge in [-0.1, -0.05) is 11.6 Å². The molecule has 20 heavy (non-hydrogen) atoms. The Morgan fingerprint density at radius 2 is 2.20 bits per heavy atom. The molecule has 1 aromatic heterocycles. The quantitative estimate of drug-likeness (QED) is 0.893. The molecule has 0 fully saturated rings. The summed E-state index contributed by atoms with van der Waals surface area (Å²) < 4.78 is 41.6. The van der Waals surface area contributed by atoms with Gasteiger partial charge in [-0.05, 0) is 17.7 Å². The van der Waals surface area contributed by atoms with E-state index in [4.69, 9.17) is 17.3 Å².